The Morgan fingerprint density at radius 3 is 2.43 bits per heavy atom. The van der Waals surface area contributed by atoms with E-state index >= 15 is 0 Å². The number of carboxylic acids is 1. The Bertz CT molecular complexity index is 479. The maximum absolute atomic E-state index is 12.2. The average Bonchev–Trinajstić information content (AvgIpc) is 2.73. The number of nitrogens with one attached hydrogen (secondary N) is 1. The summed E-state index contributed by atoms with van der Waals surface area (Å²) in [6.45, 7) is 2.80. The van der Waals surface area contributed by atoms with E-state index in [9.17, 15) is 26.4 Å². The van der Waals surface area contributed by atoms with Crippen LogP contribution in [0.4, 0.5) is 13.2 Å². The maximum Gasteiger partial charge on any atom is 0.511 e. The van der Waals surface area contributed by atoms with Gasteiger partial charge < -0.3 is 9.84 Å². The Hall–Kier alpha value is -0.870. The lowest BCUT2D eigenvalue weighted by Crippen LogP contribution is -2.42. The highest BCUT2D eigenvalue weighted by molar-refractivity contribution is 7.90. The quantitative estimate of drug-likeness (QED) is 0.768. The molecule has 1 heterocycles. The Morgan fingerprint density at radius 1 is 1.38 bits per heavy atom. The van der Waals surface area contributed by atoms with Gasteiger partial charge in [0.15, 0.2) is 0 Å². The van der Waals surface area contributed by atoms with Crippen molar-refractivity contribution in [1.29, 1.82) is 0 Å². The molecule has 0 bridgehead atoms. The van der Waals surface area contributed by atoms with Crippen LogP contribution >= 0.6 is 0 Å². The molecule has 1 rings (SSSR count). The summed E-state index contributed by atoms with van der Waals surface area (Å²) in [5.74, 6) is -1.72. The van der Waals surface area contributed by atoms with Gasteiger partial charge >= 0.3 is 21.5 Å². The summed E-state index contributed by atoms with van der Waals surface area (Å²) in [5, 5.41) is 8.86. The highest BCUT2D eigenvalue weighted by atomic mass is 32.2. The van der Waals surface area contributed by atoms with E-state index in [1.807, 2.05) is 0 Å². The largest absolute Gasteiger partial charge is 0.511 e. The van der Waals surface area contributed by atoms with Crippen LogP contribution in [0.25, 0.3) is 0 Å². The van der Waals surface area contributed by atoms with Crippen LogP contribution < -0.4 is 4.72 Å². The van der Waals surface area contributed by atoms with Gasteiger partial charge in [0.05, 0.1) is 18.1 Å². The number of aliphatic carboxylic acids is 1. The van der Waals surface area contributed by atoms with Crippen LogP contribution in [0.2, 0.25) is 0 Å². The van der Waals surface area contributed by atoms with Crippen molar-refractivity contribution >= 4 is 16.0 Å². The molecule has 0 aliphatic carbocycles. The third-order valence-corrected chi connectivity index (χ3v) is 4.69. The molecule has 2 N–H and O–H groups in total. The van der Waals surface area contributed by atoms with E-state index in [0.29, 0.717) is 12.8 Å². The molecule has 0 saturated carbocycles. The molecular formula is C11H18F3NO5S. The van der Waals surface area contributed by atoms with Crippen molar-refractivity contribution in [2.24, 2.45) is 5.92 Å². The second-order valence-corrected chi connectivity index (χ2v) is 6.91. The van der Waals surface area contributed by atoms with Crippen LogP contribution in [0.1, 0.15) is 33.1 Å². The van der Waals surface area contributed by atoms with E-state index in [0.717, 1.165) is 0 Å². The fourth-order valence-corrected chi connectivity index (χ4v) is 2.97. The minimum absolute atomic E-state index is 0.0537. The molecule has 0 aromatic heterocycles. The SMILES string of the molecule is C[C@@H](C[C@@H]1CC[C@H]([C@@H](C)C(=O)O)O1)NS(=O)(=O)C(F)(F)F. The molecule has 0 amide bonds. The van der Waals surface area contributed by atoms with Crippen molar-refractivity contribution in [3.63, 3.8) is 0 Å². The summed E-state index contributed by atoms with van der Waals surface area (Å²) in [7, 11) is -5.38. The van der Waals surface area contributed by atoms with E-state index in [4.69, 9.17) is 9.84 Å². The molecule has 0 aromatic rings. The summed E-state index contributed by atoms with van der Waals surface area (Å²) in [4.78, 5) is 10.8. The molecule has 0 radical (unpaired) electrons. The highest BCUT2D eigenvalue weighted by Crippen LogP contribution is 2.29. The van der Waals surface area contributed by atoms with Crippen molar-refractivity contribution in [2.75, 3.05) is 0 Å². The van der Waals surface area contributed by atoms with Crippen LogP contribution in [-0.4, -0.2) is 43.3 Å². The molecule has 4 atom stereocenters. The van der Waals surface area contributed by atoms with Crippen LogP contribution in [0.5, 0.6) is 0 Å². The van der Waals surface area contributed by atoms with Crippen LogP contribution in [-0.2, 0) is 19.6 Å². The first-order valence-electron chi connectivity index (χ1n) is 6.41. The van der Waals surface area contributed by atoms with Crippen LogP contribution in [0.3, 0.4) is 0 Å². The van der Waals surface area contributed by atoms with Crippen molar-refractivity contribution in [2.45, 2.75) is 56.9 Å². The van der Waals surface area contributed by atoms with Gasteiger partial charge in [-0.25, -0.2) is 13.1 Å². The zero-order chi connectivity index (χ0) is 16.4. The standard InChI is InChI=1S/C11H18F3NO5S/c1-6(15-21(18,19)11(12,13)14)5-8-3-4-9(20-8)7(2)10(16)17/h6-9,15H,3-5H2,1-2H3,(H,16,17)/t6-,7+,8-,9+/m0/s1. The summed E-state index contributed by atoms with van der Waals surface area (Å²) >= 11 is 0. The van der Waals surface area contributed by atoms with Gasteiger partial charge in [-0.3, -0.25) is 4.79 Å². The number of carbonyl (C=O) groups is 1. The van der Waals surface area contributed by atoms with Crippen molar-refractivity contribution in [3.05, 3.63) is 0 Å². The Labute approximate surface area is 120 Å². The number of rotatable bonds is 6. The maximum atomic E-state index is 12.2. The molecule has 124 valence electrons. The molecule has 1 saturated heterocycles. The van der Waals surface area contributed by atoms with Gasteiger partial charge in [0.2, 0.25) is 0 Å². The molecule has 6 nitrogen and oxygen atoms in total. The zero-order valence-corrected chi connectivity index (χ0v) is 12.4. The first-order valence-corrected chi connectivity index (χ1v) is 7.89. The third kappa shape index (κ3) is 4.82. The molecule has 1 fully saturated rings. The smallest absolute Gasteiger partial charge is 0.481 e. The van der Waals surface area contributed by atoms with Gasteiger partial charge in [0, 0.05) is 6.04 Å². The lowest BCUT2D eigenvalue weighted by molar-refractivity contribution is -0.146. The zero-order valence-electron chi connectivity index (χ0n) is 11.6. The lowest BCUT2D eigenvalue weighted by atomic mass is 10.0. The number of hydrogen-bond donors (Lipinski definition) is 2. The Morgan fingerprint density at radius 2 is 1.95 bits per heavy atom. The molecule has 1 aliphatic heterocycles. The minimum Gasteiger partial charge on any atom is -0.481 e. The number of alkyl halides is 3. The monoisotopic (exact) mass is 333 g/mol. The Balaban J connectivity index is 2.51. The van der Waals surface area contributed by atoms with E-state index in [1.54, 1.807) is 4.72 Å². The Kier molecular flexibility index (Phi) is 5.62. The molecular weight excluding hydrogens is 315 g/mol. The molecule has 0 unspecified atom stereocenters. The third-order valence-electron chi connectivity index (χ3n) is 3.37. The van der Waals surface area contributed by atoms with Crippen molar-refractivity contribution < 1.29 is 36.2 Å². The molecule has 0 aromatic carbocycles. The van der Waals surface area contributed by atoms with Gasteiger partial charge in [0.1, 0.15) is 0 Å². The number of hydrogen-bond acceptors (Lipinski definition) is 4. The van der Waals surface area contributed by atoms with Gasteiger partial charge in [0.25, 0.3) is 0 Å². The summed E-state index contributed by atoms with van der Waals surface area (Å²) in [6.07, 6.45) is 0.0664. The minimum atomic E-state index is -5.38. The second-order valence-electron chi connectivity index (χ2n) is 5.20. The number of ether oxygens (including phenoxy) is 1. The molecule has 21 heavy (non-hydrogen) atoms. The van der Waals surface area contributed by atoms with Crippen molar-refractivity contribution in [3.8, 4) is 0 Å². The van der Waals surface area contributed by atoms with E-state index < -0.39 is 45.7 Å². The van der Waals surface area contributed by atoms with Gasteiger partial charge in [-0.1, -0.05) is 0 Å². The lowest BCUT2D eigenvalue weighted by Gasteiger charge is -2.20. The number of carboxylic acid groups (broad SMARTS) is 1. The van der Waals surface area contributed by atoms with Crippen LogP contribution in [0.15, 0.2) is 0 Å². The fourth-order valence-electron chi connectivity index (χ4n) is 2.21. The average molecular weight is 333 g/mol. The number of sulfonamides is 1. The van der Waals surface area contributed by atoms with Gasteiger partial charge in [-0.05, 0) is 33.1 Å². The molecule has 1 aliphatic rings. The highest BCUT2D eigenvalue weighted by Gasteiger charge is 2.46. The summed E-state index contributed by atoms with van der Waals surface area (Å²) < 4.78 is 65.5. The topological polar surface area (TPSA) is 92.7 Å². The predicted octanol–water partition coefficient (Wildman–Crippen LogP) is 1.47. The van der Waals surface area contributed by atoms with E-state index in [2.05, 4.69) is 0 Å². The van der Waals surface area contributed by atoms with Gasteiger partial charge in [-0.15, -0.1) is 0 Å². The van der Waals surface area contributed by atoms with E-state index in [1.165, 1.54) is 13.8 Å². The first-order chi connectivity index (χ1) is 9.44. The first kappa shape index (κ1) is 18.2. The summed E-state index contributed by atoms with van der Waals surface area (Å²) in [6, 6.07) is -0.958. The fraction of sp³-hybridized carbons (Fsp3) is 0.909. The molecule has 0 spiro atoms. The van der Waals surface area contributed by atoms with E-state index in [-0.39, 0.29) is 6.42 Å². The van der Waals surface area contributed by atoms with Crippen LogP contribution in [0, 0.1) is 5.92 Å². The van der Waals surface area contributed by atoms with Crippen molar-refractivity contribution in [1.82, 2.24) is 4.72 Å². The summed E-state index contributed by atoms with van der Waals surface area (Å²) in [5.41, 5.74) is -5.35. The predicted molar refractivity (Wildman–Crippen MR) is 66.9 cm³/mol. The second kappa shape index (κ2) is 6.49. The van der Waals surface area contributed by atoms with Gasteiger partial charge in [-0.2, -0.15) is 13.2 Å². The normalized spacial score (nSPS) is 26.5. The molecule has 10 heteroatoms. The number of halogens is 3.